The molecule has 24 rings (SSSR count). The summed E-state index contributed by atoms with van der Waals surface area (Å²) >= 11 is 12.5. The monoisotopic (exact) mass is 1600 g/mol. The minimum Gasteiger partial charge on any atom is -0.494 e. The van der Waals surface area contributed by atoms with Gasteiger partial charge in [-0.1, -0.05) is 89.6 Å². The molecule has 22 heteroatoms. The van der Waals surface area contributed by atoms with Gasteiger partial charge in [-0.15, -0.1) is 11.3 Å². The molecule has 0 saturated carbocycles. The van der Waals surface area contributed by atoms with Crippen molar-refractivity contribution in [2.45, 2.75) is 6.92 Å². The third-order valence-corrected chi connectivity index (χ3v) is 25.4. The van der Waals surface area contributed by atoms with Crippen LogP contribution in [0.5, 0.6) is 5.75 Å². The quantitative estimate of drug-likeness (QED) is 0.0550. The minimum atomic E-state index is 0.324. The molecule has 12 aromatic heterocycles. The molecular formula is C94H59BrClN17O2S. The Morgan fingerprint density at radius 3 is 1.94 bits per heavy atom. The van der Waals surface area contributed by atoms with Crippen molar-refractivity contribution in [2.24, 2.45) is 0 Å². The minimum absolute atomic E-state index is 0.324. The second kappa shape index (κ2) is 24.9. The zero-order chi connectivity index (χ0) is 77.0. The zero-order valence-electron chi connectivity index (χ0n) is 61.4. The summed E-state index contributed by atoms with van der Waals surface area (Å²) in [6.45, 7) is 2.15. The smallest absolute Gasteiger partial charge is 0.166 e. The Bertz CT molecular complexity index is 8340. The summed E-state index contributed by atoms with van der Waals surface area (Å²) in [6.07, 6.45) is 13.5. The molecule has 12 aromatic carbocycles. The molecule has 0 saturated heterocycles. The third-order valence-electron chi connectivity index (χ3n) is 23.4. The molecule has 0 atom stereocenters. The first-order valence-electron chi connectivity index (χ1n) is 37.7. The van der Waals surface area contributed by atoms with Crippen LogP contribution in [0.25, 0.3) is 252 Å². The molecule has 116 heavy (non-hydrogen) atoms. The van der Waals surface area contributed by atoms with Crippen molar-refractivity contribution in [3.8, 4) is 128 Å². The fraction of sp³-hybridized carbons (Fsp3) is 0.0213. The number of aromatic amines is 9. The van der Waals surface area contributed by atoms with E-state index in [9.17, 15) is 0 Å². The molecule has 19 nitrogen and oxygen atoms in total. The Kier molecular flexibility index (Phi) is 14.1. The van der Waals surface area contributed by atoms with E-state index in [1.807, 2.05) is 43.1 Å². The summed E-state index contributed by atoms with van der Waals surface area (Å²) in [4.78, 5) is 33.3. The largest absolute Gasteiger partial charge is 0.494 e. The Labute approximate surface area is 672 Å². The Morgan fingerprint density at radius 1 is 0.422 bits per heavy atom. The van der Waals surface area contributed by atoms with Crippen molar-refractivity contribution in [3.63, 3.8) is 0 Å². The molecule has 24 aromatic rings. The molecular weight excluding hydrogens is 1550 g/mol. The van der Waals surface area contributed by atoms with Crippen LogP contribution in [-0.2, 0) is 0 Å². The average molecular weight is 1610 g/mol. The first kappa shape index (κ1) is 65.9. The van der Waals surface area contributed by atoms with Gasteiger partial charge in [0.25, 0.3) is 0 Å². The summed E-state index contributed by atoms with van der Waals surface area (Å²) in [5.41, 5.74) is 43.6. The molecule has 0 aliphatic heterocycles. The predicted octanol–water partition coefficient (Wildman–Crippen LogP) is 24.7. The van der Waals surface area contributed by atoms with Gasteiger partial charge >= 0.3 is 0 Å². The molecule has 0 unspecified atom stereocenters. The van der Waals surface area contributed by atoms with Crippen LogP contribution in [0.3, 0.4) is 0 Å². The van der Waals surface area contributed by atoms with Gasteiger partial charge in [-0.2, -0.15) is 15.3 Å². The summed E-state index contributed by atoms with van der Waals surface area (Å²) in [5.74, 6) is 1.30. The number of pyridine rings is 1. The predicted molar refractivity (Wildman–Crippen MR) is 475 cm³/mol. The van der Waals surface area contributed by atoms with Gasteiger partial charge in [0.05, 0.1) is 84.7 Å². The molecule has 12 heterocycles. The molecule has 0 spiro atoms. The van der Waals surface area contributed by atoms with Gasteiger partial charge in [0.2, 0.25) is 0 Å². The van der Waals surface area contributed by atoms with E-state index in [0.29, 0.717) is 33.7 Å². The average Bonchev–Trinajstić information content (AvgIpc) is 1.08. The number of aryl methyl sites for hydroxylation is 1. The number of anilines is 2. The van der Waals surface area contributed by atoms with Crippen LogP contribution >= 0.6 is 38.9 Å². The number of rotatable bonds is 12. The Balaban J connectivity index is 0.804. The molecule has 552 valence electrons. The van der Waals surface area contributed by atoms with Gasteiger partial charge in [0.1, 0.15) is 5.01 Å². The number of nitrogens with zero attached hydrogens (tertiary/aromatic N) is 6. The van der Waals surface area contributed by atoms with E-state index >= 15 is 0 Å². The van der Waals surface area contributed by atoms with Gasteiger partial charge in [-0.25, -0.2) is 9.97 Å². The highest BCUT2D eigenvalue weighted by Crippen LogP contribution is 2.56. The second-order valence-corrected chi connectivity index (χ2v) is 32.2. The normalized spacial score (nSPS) is 12.2. The van der Waals surface area contributed by atoms with E-state index in [0.717, 1.165) is 251 Å². The number of aromatic nitrogens is 15. The SMILES string of the molecule is COc1c(-c2c(-c3cc(-c4ccc5nc(-c6ccc7oncc7c6)sc5c4)c4c(N)n[nH]c4c3)cc3[nH]nc(N)c3c2-c2ccc3[nH]ncc3c2)[nH]c2cc(-c3cc(-c4ccc5c(C)c[nH]c5c4)c(-c4ccc5c(Br)c[nH]c5c4)c4c(-c5ccc6c(Cl)c[nH]c6c5)c(-c5ccc6cc[nH]c6c5)nc(-c5ccc6[nH]ccc6c5)c34)ccc12. The first-order valence-corrected chi connectivity index (χ1v) is 39.7. The van der Waals surface area contributed by atoms with Gasteiger partial charge < -0.3 is 50.6 Å². The van der Waals surface area contributed by atoms with E-state index in [2.05, 4.69) is 278 Å². The van der Waals surface area contributed by atoms with Crippen LogP contribution < -0.4 is 16.2 Å². The van der Waals surface area contributed by atoms with Gasteiger partial charge in [-0.05, 0) is 228 Å². The lowest BCUT2D eigenvalue weighted by Gasteiger charge is -2.25. The van der Waals surface area contributed by atoms with E-state index in [1.165, 1.54) is 0 Å². The number of fused-ring (bicyclic) bond motifs is 12. The maximum atomic E-state index is 7.20. The maximum Gasteiger partial charge on any atom is 0.166 e. The molecule has 0 radical (unpaired) electrons. The van der Waals surface area contributed by atoms with E-state index in [-0.39, 0.29) is 0 Å². The number of H-pyrrole nitrogens is 9. The Hall–Kier alpha value is -14.8. The number of nitrogens with two attached hydrogens (primary N) is 2. The Morgan fingerprint density at radius 2 is 1.05 bits per heavy atom. The molecule has 0 bridgehead atoms. The summed E-state index contributed by atoms with van der Waals surface area (Å²) in [7, 11) is 1.74. The van der Waals surface area contributed by atoms with Crippen LogP contribution in [-0.4, -0.2) is 82.7 Å². The number of ether oxygens (including phenoxy) is 1. The van der Waals surface area contributed by atoms with Gasteiger partial charge in [0, 0.05) is 145 Å². The van der Waals surface area contributed by atoms with Crippen molar-refractivity contribution >= 4 is 181 Å². The van der Waals surface area contributed by atoms with Crippen molar-refractivity contribution in [3.05, 3.63) is 259 Å². The van der Waals surface area contributed by atoms with Crippen LogP contribution in [0.15, 0.2) is 253 Å². The lowest BCUT2D eigenvalue weighted by atomic mass is 9.80. The van der Waals surface area contributed by atoms with Gasteiger partial charge in [-0.3, -0.25) is 15.3 Å². The molecule has 0 aliphatic carbocycles. The number of hydrogen-bond acceptors (Lipinski definition) is 11. The number of nitrogen functional groups attached to an aromatic ring is 2. The van der Waals surface area contributed by atoms with E-state index in [4.69, 9.17) is 47.4 Å². The molecule has 0 fully saturated rings. The maximum absolute atomic E-state index is 7.20. The van der Waals surface area contributed by atoms with Gasteiger partial charge in [0.15, 0.2) is 23.0 Å². The number of halogens is 2. The second-order valence-electron chi connectivity index (χ2n) is 29.9. The summed E-state index contributed by atoms with van der Waals surface area (Å²) in [5, 5.41) is 40.6. The fourth-order valence-corrected chi connectivity index (χ4v) is 19.6. The summed E-state index contributed by atoms with van der Waals surface area (Å²) < 4.78 is 14.3. The number of hydrogen-bond donors (Lipinski definition) is 11. The number of methoxy groups -OCH3 is 1. The topological polar surface area (TPSA) is 294 Å². The van der Waals surface area contributed by atoms with Crippen molar-refractivity contribution < 1.29 is 9.26 Å². The fourth-order valence-electron chi connectivity index (χ4n) is 17.9. The van der Waals surface area contributed by atoms with Crippen molar-refractivity contribution in [2.75, 3.05) is 18.6 Å². The number of benzene rings is 12. The lowest BCUT2D eigenvalue weighted by molar-refractivity contribution is 0.421. The number of nitrogens with one attached hydrogen (secondary N) is 9. The highest BCUT2D eigenvalue weighted by atomic mass is 79.9. The van der Waals surface area contributed by atoms with Crippen LogP contribution in [0.4, 0.5) is 11.6 Å². The van der Waals surface area contributed by atoms with Crippen molar-refractivity contribution in [1.29, 1.82) is 0 Å². The van der Waals surface area contributed by atoms with Crippen LogP contribution in [0.2, 0.25) is 5.02 Å². The first-order chi connectivity index (χ1) is 56.9. The highest BCUT2D eigenvalue weighted by Gasteiger charge is 2.32. The summed E-state index contributed by atoms with van der Waals surface area (Å²) in [6, 6.07) is 71.8. The highest BCUT2D eigenvalue weighted by molar-refractivity contribution is 9.10. The molecule has 0 amide bonds. The van der Waals surface area contributed by atoms with E-state index in [1.54, 1.807) is 24.6 Å². The standard InChI is InChI=1S/C94H59BrClN17O2S/c1-43-38-101-72-29-45(5-13-58(43)72)63-36-64(85-87(80(63)50-7-14-59-66(95)41-102-73(59)31-50)82(51-8-15-60-67(96)42-103-74(60)32-51)88(53-4-3-44-21-23-100-71(44)33-53)108-89(85)52-11-17-68-48(25-52)22-24-99-68)46-6-16-61-75(30-46)106-90(91(61)114-2)84-65(37-77-86(93(98)113-111-77)81(84)49-10-18-69-56(26-49)39-104-109-69)55-28-62(83-76(34-55)110-112-92(83)97)47-9-19-70-79(35-47)116-94(107-70)54-12-20-78-57(27-54)40-105-115-78/h3-42,99-103,106H,1-2H3,(H,104,109)(H3,97,110,112)(H3,98,111,113). The molecule has 13 N–H and O–H groups in total. The van der Waals surface area contributed by atoms with Crippen LogP contribution in [0.1, 0.15) is 5.56 Å². The van der Waals surface area contributed by atoms with Crippen molar-refractivity contribution in [1.82, 2.24) is 75.6 Å². The van der Waals surface area contributed by atoms with E-state index < -0.39 is 0 Å². The lowest BCUT2D eigenvalue weighted by Crippen LogP contribution is -2.01. The zero-order valence-corrected chi connectivity index (χ0v) is 64.6. The molecule has 0 aliphatic rings. The van der Waals surface area contributed by atoms with Crippen LogP contribution in [0, 0.1) is 6.92 Å². The number of thiazole rings is 1. The third kappa shape index (κ3) is 10.0.